The summed E-state index contributed by atoms with van der Waals surface area (Å²) in [5.74, 6) is 0. The number of allylic oxidation sites excluding steroid dienone is 1. The lowest BCUT2D eigenvalue weighted by molar-refractivity contribution is -0.525. The van der Waals surface area contributed by atoms with Crippen LogP contribution in [0, 0.1) is 0 Å². The van der Waals surface area contributed by atoms with Crippen molar-refractivity contribution in [1.82, 2.24) is 0 Å². The molecule has 0 saturated carbocycles. The molecule has 2 aromatic rings. The van der Waals surface area contributed by atoms with Crippen LogP contribution in [0.3, 0.4) is 0 Å². The number of fused-ring (bicyclic) bond motifs is 2. The highest BCUT2D eigenvalue weighted by molar-refractivity contribution is 6.22. The molecule has 0 amide bonds. The molecular weight excluding hydrogens is 278 g/mol. The molecule has 0 N–H and O–H groups in total. The number of hydrogen-bond acceptors (Lipinski definition) is 0. The summed E-state index contributed by atoms with van der Waals surface area (Å²) in [6.07, 6.45) is 8.61. The summed E-state index contributed by atoms with van der Waals surface area (Å²) in [6.45, 7) is 6.88. The second kappa shape index (κ2) is 5.33. The summed E-state index contributed by atoms with van der Waals surface area (Å²) < 4.78 is 2.70. The minimum Gasteiger partial charge on any atom is -0.185 e. The Labute approximate surface area is 139 Å². The standard InChI is InChI=1S/C22H26N/c1-4-7-14-22(6-3)15-16(5-2)21-18-12-8-10-17-11-9-13-19(20(17)18)23(21)22/h5,8-13H,4,6-7,14-15H2,1-3H3/q+1. The average molecular weight is 304 g/mol. The van der Waals surface area contributed by atoms with Gasteiger partial charge < -0.3 is 0 Å². The molecule has 0 spiro atoms. The van der Waals surface area contributed by atoms with Crippen LogP contribution in [0.5, 0.6) is 0 Å². The topological polar surface area (TPSA) is 3.01 Å². The van der Waals surface area contributed by atoms with E-state index in [4.69, 9.17) is 0 Å². The van der Waals surface area contributed by atoms with Crippen LogP contribution >= 0.6 is 0 Å². The first-order valence-electron chi connectivity index (χ1n) is 9.10. The van der Waals surface area contributed by atoms with E-state index < -0.39 is 0 Å². The second-order valence-electron chi connectivity index (χ2n) is 7.04. The smallest absolute Gasteiger partial charge is 0.185 e. The summed E-state index contributed by atoms with van der Waals surface area (Å²) in [4.78, 5) is 0. The van der Waals surface area contributed by atoms with Crippen molar-refractivity contribution >= 4 is 22.2 Å². The molecule has 0 aromatic heterocycles. The molecule has 0 bridgehead atoms. The first kappa shape index (κ1) is 14.7. The van der Waals surface area contributed by atoms with E-state index in [-0.39, 0.29) is 5.54 Å². The van der Waals surface area contributed by atoms with E-state index in [9.17, 15) is 0 Å². The van der Waals surface area contributed by atoms with Gasteiger partial charge in [0.2, 0.25) is 11.4 Å². The van der Waals surface area contributed by atoms with E-state index in [1.165, 1.54) is 65.4 Å². The van der Waals surface area contributed by atoms with Crippen molar-refractivity contribution < 1.29 is 4.58 Å². The van der Waals surface area contributed by atoms with Gasteiger partial charge in [-0.2, -0.15) is 4.58 Å². The molecule has 0 radical (unpaired) electrons. The SMILES string of the molecule is CC=C1CC(CC)(CCCC)[N+]2=C1c1cccc3cccc2c13. The molecule has 118 valence electrons. The number of nitrogens with zero attached hydrogens (tertiary/aromatic N) is 1. The fourth-order valence-corrected chi connectivity index (χ4v) is 4.68. The highest BCUT2D eigenvalue weighted by atomic mass is 15.1. The number of benzene rings is 2. The van der Waals surface area contributed by atoms with Crippen LogP contribution in [-0.2, 0) is 0 Å². The Hall–Kier alpha value is -1.89. The first-order chi connectivity index (χ1) is 11.3. The van der Waals surface area contributed by atoms with Crippen molar-refractivity contribution in [2.24, 2.45) is 0 Å². The van der Waals surface area contributed by atoms with Gasteiger partial charge in [-0.1, -0.05) is 50.6 Å². The van der Waals surface area contributed by atoms with Crippen molar-refractivity contribution in [2.45, 2.75) is 58.4 Å². The third-order valence-electron chi connectivity index (χ3n) is 5.90. The molecule has 0 fully saturated rings. The summed E-state index contributed by atoms with van der Waals surface area (Å²) in [5, 5.41) is 2.83. The van der Waals surface area contributed by atoms with Gasteiger partial charge in [0.25, 0.3) is 0 Å². The maximum atomic E-state index is 2.70. The maximum absolute atomic E-state index is 2.70. The van der Waals surface area contributed by atoms with Crippen LogP contribution in [0.15, 0.2) is 48.0 Å². The average Bonchev–Trinajstić information content (AvgIpc) is 3.10. The van der Waals surface area contributed by atoms with E-state index in [0.717, 1.165) is 0 Å². The van der Waals surface area contributed by atoms with Gasteiger partial charge in [0.05, 0.1) is 10.9 Å². The number of hydrogen-bond donors (Lipinski definition) is 0. The molecule has 4 rings (SSSR count). The Morgan fingerprint density at radius 3 is 2.61 bits per heavy atom. The molecular formula is C22H26N+. The molecule has 1 unspecified atom stereocenters. The molecule has 2 aliphatic rings. The molecule has 2 aliphatic heterocycles. The van der Waals surface area contributed by atoms with Crippen molar-refractivity contribution in [1.29, 1.82) is 0 Å². The molecule has 1 nitrogen and oxygen atoms in total. The monoisotopic (exact) mass is 304 g/mol. The third-order valence-corrected chi connectivity index (χ3v) is 5.90. The zero-order valence-corrected chi connectivity index (χ0v) is 14.5. The van der Waals surface area contributed by atoms with E-state index in [1.807, 2.05) is 0 Å². The van der Waals surface area contributed by atoms with E-state index in [1.54, 1.807) is 0 Å². The van der Waals surface area contributed by atoms with Gasteiger partial charge >= 0.3 is 0 Å². The zero-order valence-electron chi connectivity index (χ0n) is 14.5. The fourth-order valence-electron chi connectivity index (χ4n) is 4.68. The minimum absolute atomic E-state index is 0.264. The molecule has 1 heteroatoms. The first-order valence-corrected chi connectivity index (χ1v) is 9.10. The third kappa shape index (κ3) is 1.89. The van der Waals surface area contributed by atoms with Crippen LogP contribution in [0.2, 0.25) is 0 Å². The molecule has 2 heterocycles. The molecule has 1 atom stereocenters. The predicted molar refractivity (Wildman–Crippen MR) is 98.9 cm³/mol. The van der Waals surface area contributed by atoms with Crippen molar-refractivity contribution in [2.75, 3.05) is 0 Å². The lowest BCUT2D eigenvalue weighted by Gasteiger charge is -2.25. The van der Waals surface area contributed by atoms with Crippen LogP contribution < -0.4 is 0 Å². The second-order valence-corrected chi connectivity index (χ2v) is 7.04. The lowest BCUT2D eigenvalue weighted by atomic mass is 9.83. The Bertz CT molecular complexity index is 835. The largest absolute Gasteiger partial charge is 0.217 e. The molecule has 23 heavy (non-hydrogen) atoms. The summed E-state index contributed by atoms with van der Waals surface area (Å²) in [6, 6.07) is 13.6. The number of rotatable bonds is 4. The van der Waals surface area contributed by atoms with Gasteiger partial charge in [-0.05, 0) is 24.8 Å². The Morgan fingerprint density at radius 2 is 1.91 bits per heavy atom. The fraction of sp³-hybridized carbons (Fsp3) is 0.409. The van der Waals surface area contributed by atoms with Gasteiger partial charge in [-0.3, -0.25) is 0 Å². The highest BCUT2D eigenvalue weighted by Gasteiger charge is 2.53. The lowest BCUT2D eigenvalue weighted by Crippen LogP contribution is -2.36. The van der Waals surface area contributed by atoms with Crippen molar-refractivity contribution in [3.05, 3.63) is 53.6 Å². The summed E-state index contributed by atoms with van der Waals surface area (Å²) in [5.41, 5.74) is 6.16. The predicted octanol–water partition coefficient (Wildman–Crippen LogP) is 5.98. The molecule has 0 saturated heterocycles. The summed E-state index contributed by atoms with van der Waals surface area (Å²) >= 11 is 0. The van der Waals surface area contributed by atoms with Gasteiger partial charge in [0, 0.05) is 30.9 Å². The van der Waals surface area contributed by atoms with E-state index >= 15 is 0 Å². The van der Waals surface area contributed by atoms with Gasteiger partial charge in [0.1, 0.15) is 0 Å². The van der Waals surface area contributed by atoms with Crippen LogP contribution in [0.4, 0.5) is 5.69 Å². The van der Waals surface area contributed by atoms with Crippen LogP contribution in [-0.4, -0.2) is 15.8 Å². The quantitative estimate of drug-likeness (QED) is 0.612. The Kier molecular flexibility index (Phi) is 3.41. The van der Waals surface area contributed by atoms with Gasteiger partial charge in [-0.25, -0.2) is 0 Å². The Balaban J connectivity index is 2.01. The van der Waals surface area contributed by atoms with E-state index in [2.05, 4.69) is 67.8 Å². The minimum atomic E-state index is 0.264. The Morgan fingerprint density at radius 1 is 1.13 bits per heavy atom. The normalized spacial score (nSPS) is 24.0. The summed E-state index contributed by atoms with van der Waals surface area (Å²) in [7, 11) is 0. The van der Waals surface area contributed by atoms with E-state index in [0.29, 0.717) is 0 Å². The molecule has 2 aromatic carbocycles. The van der Waals surface area contributed by atoms with Crippen molar-refractivity contribution in [3.63, 3.8) is 0 Å². The van der Waals surface area contributed by atoms with Gasteiger partial charge in [-0.15, -0.1) is 0 Å². The van der Waals surface area contributed by atoms with Crippen LogP contribution in [0.1, 0.15) is 58.4 Å². The van der Waals surface area contributed by atoms with Crippen molar-refractivity contribution in [3.8, 4) is 0 Å². The zero-order chi connectivity index (χ0) is 16.0. The maximum Gasteiger partial charge on any atom is 0.217 e. The highest BCUT2D eigenvalue weighted by Crippen LogP contribution is 2.49. The molecule has 0 aliphatic carbocycles. The van der Waals surface area contributed by atoms with Crippen LogP contribution in [0.25, 0.3) is 10.8 Å². The number of unbranched alkanes of at least 4 members (excludes halogenated alkanes) is 1. The van der Waals surface area contributed by atoms with Gasteiger partial charge in [0.15, 0.2) is 5.54 Å².